The number of thiol groups is 4. The first-order chi connectivity index (χ1) is 12.7. The van der Waals surface area contributed by atoms with E-state index in [1.807, 2.05) is 0 Å². The summed E-state index contributed by atoms with van der Waals surface area (Å²) in [5, 5.41) is 24.4. The van der Waals surface area contributed by atoms with Crippen LogP contribution < -0.4 is 0 Å². The smallest absolute Gasteiger partial charge is 0.320 e. The highest BCUT2D eigenvalue weighted by molar-refractivity contribution is 7.80. The van der Waals surface area contributed by atoms with Gasteiger partial charge in [-0.05, 0) is 0 Å². The van der Waals surface area contributed by atoms with Crippen LogP contribution in [0, 0.1) is 23.7 Å². The molecule has 0 aromatic carbocycles. The number of carbonyl (C=O) groups excluding carboxylic acids is 1. The minimum atomic E-state index is -0.782. The van der Waals surface area contributed by atoms with Crippen molar-refractivity contribution in [1.29, 1.82) is 0 Å². The second-order valence-corrected chi connectivity index (χ2v) is 7.11. The van der Waals surface area contributed by atoms with Crippen molar-refractivity contribution in [2.45, 2.75) is 34.6 Å². The molecule has 0 aromatic rings. The molecule has 8 nitrogen and oxygen atoms in total. The van der Waals surface area contributed by atoms with Gasteiger partial charge in [0.15, 0.2) is 0 Å². The number of carboxylic acids is 3. The Hall–Kier alpha value is -0.720. The summed E-state index contributed by atoms with van der Waals surface area (Å²) in [6.45, 7) is 8.36. The largest absolute Gasteiger partial charge is 0.481 e. The summed E-state index contributed by atoms with van der Waals surface area (Å²) >= 11 is 14.6. The Balaban J connectivity index is -0.000000137. The van der Waals surface area contributed by atoms with Gasteiger partial charge < -0.3 is 19.5 Å². The van der Waals surface area contributed by atoms with Crippen molar-refractivity contribution in [2.75, 3.05) is 17.3 Å². The summed E-state index contributed by atoms with van der Waals surface area (Å²) in [5.74, 6) is -2.42. The predicted octanol–water partition coefficient (Wildman–Crippen LogP) is 2.94. The van der Waals surface area contributed by atoms with Crippen LogP contribution in [0.15, 0.2) is 0 Å². The van der Waals surface area contributed by atoms with Crippen LogP contribution in [0.4, 0.5) is 0 Å². The lowest BCUT2D eigenvalue weighted by Crippen LogP contribution is -2.09. The molecular formula is C16H32O8S4. The van der Waals surface area contributed by atoms with E-state index in [1.165, 1.54) is 0 Å². The second-order valence-electron chi connectivity index (χ2n) is 5.83. The molecule has 28 heavy (non-hydrogen) atoms. The van der Waals surface area contributed by atoms with Gasteiger partial charge >= 0.3 is 23.9 Å². The van der Waals surface area contributed by atoms with Gasteiger partial charge in [-0.15, -0.1) is 0 Å². The fraction of sp³-hybridized carbons (Fsp3) is 0.750. The van der Waals surface area contributed by atoms with Crippen LogP contribution >= 0.6 is 50.8 Å². The second kappa shape index (κ2) is 22.6. The van der Waals surface area contributed by atoms with Crippen LogP contribution in [0.25, 0.3) is 0 Å². The van der Waals surface area contributed by atoms with Crippen LogP contribution in [0.2, 0.25) is 0 Å². The Labute approximate surface area is 188 Å². The number of hydrogen-bond acceptors (Lipinski definition) is 9. The third-order valence-corrected chi connectivity index (χ3v) is 4.47. The minimum Gasteiger partial charge on any atom is -0.481 e. The van der Waals surface area contributed by atoms with Gasteiger partial charge in [0, 0.05) is 30.2 Å². The fourth-order valence-corrected chi connectivity index (χ4v) is 1.02. The van der Waals surface area contributed by atoms with E-state index >= 15 is 0 Å². The quantitative estimate of drug-likeness (QED) is 0.218. The van der Waals surface area contributed by atoms with E-state index < -0.39 is 17.9 Å². The minimum absolute atomic E-state index is 0.0718. The van der Waals surface area contributed by atoms with Crippen LogP contribution in [0.1, 0.15) is 34.6 Å². The SMILES string of the molecule is CC(C)C(=O)OS.CC(CS)C(=O)O.CC(CS)C(=O)O.CC(CS)C(=O)O. The molecule has 0 amide bonds. The van der Waals surface area contributed by atoms with Crippen molar-refractivity contribution < 1.29 is 38.7 Å². The lowest BCUT2D eigenvalue weighted by atomic mass is 10.2. The highest BCUT2D eigenvalue weighted by atomic mass is 32.1. The predicted molar refractivity (Wildman–Crippen MR) is 122 cm³/mol. The van der Waals surface area contributed by atoms with Gasteiger partial charge in [-0.25, -0.2) is 0 Å². The summed E-state index contributed by atoms with van der Waals surface area (Å²) in [5.41, 5.74) is 0. The molecule has 0 radical (unpaired) electrons. The van der Waals surface area contributed by atoms with E-state index in [4.69, 9.17) is 15.3 Å². The molecule has 0 aliphatic carbocycles. The van der Waals surface area contributed by atoms with Crippen LogP contribution in [-0.4, -0.2) is 56.5 Å². The summed E-state index contributed by atoms with van der Waals surface area (Å²) in [4.78, 5) is 39.9. The standard InChI is InChI=1S/4C4H8O2S/c1-3(2)4(5)6-7;3*1-3(2-7)4(5)6/h3,7H,1-2H3;3*3,7H,2H2,1H3,(H,5,6). The zero-order chi connectivity index (χ0) is 23.4. The highest BCUT2D eigenvalue weighted by Gasteiger charge is 2.07. The van der Waals surface area contributed by atoms with Gasteiger partial charge in [0.05, 0.1) is 23.7 Å². The van der Waals surface area contributed by atoms with Crippen LogP contribution in [0.5, 0.6) is 0 Å². The van der Waals surface area contributed by atoms with Crippen LogP contribution in [-0.2, 0) is 23.4 Å². The lowest BCUT2D eigenvalue weighted by molar-refractivity contribution is -0.141. The van der Waals surface area contributed by atoms with E-state index in [2.05, 4.69) is 55.0 Å². The molecule has 0 saturated heterocycles. The Bertz CT molecular complexity index is 399. The first kappa shape index (κ1) is 34.8. The molecule has 3 atom stereocenters. The first-order valence-electron chi connectivity index (χ1n) is 8.09. The molecule has 0 aliphatic rings. The molecule has 0 aromatic heterocycles. The molecule has 0 fully saturated rings. The normalized spacial score (nSPS) is 12.4. The number of carboxylic acid groups (broad SMARTS) is 3. The summed E-state index contributed by atoms with van der Waals surface area (Å²) < 4.78 is 4.07. The van der Waals surface area contributed by atoms with Gasteiger partial charge in [-0.3, -0.25) is 19.2 Å². The van der Waals surface area contributed by atoms with Crippen molar-refractivity contribution >= 4 is 74.7 Å². The van der Waals surface area contributed by atoms with Gasteiger partial charge in [0.2, 0.25) is 0 Å². The molecule has 0 saturated carbocycles. The number of carbonyl (C=O) groups is 4. The van der Waals surface area contributed by atoms with Crippen molar-refractivity contribution in [2.24, 2.45) is 23.7 Å². The van der Waals surface area contributed by atoms with Gasteiger partial charge in [-0.1, -0.05) is 34.6 Å². The fourth-order valence-electron chi connectivity index (χ4n) is 0.340. The molecule has 3 unspecified atom stereocenters. The van der Waals surface area contributed by atoms with E-state index in [9.17, 15) is 19.2 Å². The third kappa shape index (κ3) is 27.5. The highest BCUT2D eigenvalue weighted by Crippen LogP contribution is 1.96. The molecule has 0 heterocycles. The Morgan fingerprint density at radius 3 is 0.893 bits per heavy atom. The number of rotatable bonds is 7. The third-order valence-electron chi connectivity index (χ3n) is 2.65. The zero-order valence-electron chi connectivity index (χ0n) is 16.6. The molecule has 0 rings (SSSR count). The molecular weight excluding hydrogens is 448 g/mol. The molecule has 0 bridgehead atoms. The van der Waals surface area contributed by atoms with Gasteiger partial charge in [0.25, 0.3) is 0 Å². The number of aliphatic carboxylic acids is 3. The summed E-state index contributed by atoms with van der Waals surface area (Å²) in [6.07, 6.45) is 0. The maximum absolute atomic E-state index is 10.2. The van der Waals surface area contributed by atoms with E-state index in [-0.39, 0.29) is 29.6 Å². The molecule has 0 spiro atoms. The van der Waals surface area contributed by atoms with E-state index in [1.54, 1.807) is 34.6 Å². The number of hydrogen-bond donors (Lipinski definition) is 7. The van der Waals surface area contributed by atoms with E-state index in [0.717, 1.165) is 0 Å². The van der Waals surface area contributed by atoms with Gasteiger partial charge in [-0.2, -0.15) is 37.9 Å². The first-order valence-corrected chi connectivity index (χ1v) is 10.4. The topological polar surface area (TPSA) is 138 Å². The van der Waals surface area contributed by atoms with Crippen LogP contribution in [0.3, 0.4) is 0 Å². The maximum atomic E-state index is 10.2. The monoisotopic (exact) mass is 480 g/mol. The molecule has 12 heteroatoms. The Morgan fingerprint density at radius 1 is 0.679 bits per heavy atom. The molecule has 0 aliphatic heterocycles. The summed E-state index contributed by atoms with van der Waals surface area (Å²) in [7, 11) is 0. The maximum Gasteiger partial charge on any atom is 0.320 e. The van der Waals surface area contributed by atoms with E-state index in [0.29, 0.717) is 17.3 Å². The Morgan fingerprint density at radius 2 is 0.893 bits per heavy atom. The zero-order valence-corrected chi connectivity index (χ0v) is 20.2. The average Bonchev–Trinajstić information content (AvgIpc) is 2.66. The van der Waals surface area contributed by atoms with Gasteiger partial charge in [0.1, 0.15) is 0 Å². The lowest BCUT2D eigenvalue weighted by Gasteiger charge is -1.96. The molecule has 3 N–H and O–H groups in total. The molecule has 168 valence electrons. The Kier molecular flexibility index (Phi) is 28.0. The van der Waals surface area contributed by atoms with Crippen molar-refractivity contribution in [3.05, 3.63) is 0 Å². The average molecular weight is 481 g/mol. The van der Waals surface area contributed by atoms with Crippen molar-refractivity contribution in [3.8, 4) is 0 Å². The summed E-state index contributed by atoms with van der Waals surface area (Å²) in [6, 6.07) is 0. The van der Waals surface area contributed by atoms with Crippen molar-refractivity contribution in [1.82, 2.24) is 0 Å². The van der Waals surface area contributed by atoms with Crippen molar-refractivity contribution in [3.63, 3.8) is 0 Å².